The van der Waals surface area contributed by atoms with Crippen LogP contribution in [0.25, 0.3) is 22.9 Å². The van der Waals surface area contributed by atoms with Crippen LogP contribution >= 0.6 is 15.9 Å². The number of amides is 1. The van der Waals surface area contributed by atoms with Crippen LogP contribution in [-0.4, -0.2) is 38.2 Å². The number of carbonyl (C=O) groups is 2. The van der Waals surface area contributed by atoms with Gasteiger partial charge in [-0.25, -0.2) is 9.59 Å². The minimum absolute atomic E-state index is 0.349. The first-order valence-corrected chi connectivity index (χ1v) is 10.7. The molecule has 3 N–H and O–H groups in total. The molecule has 0 fully saturated rings. The van der Waals surface area contributed by atoms with Gasteiger partial charge in [-0.1, -0.05) is 5.16 Å². The van der Waals surface area contributed by atoms with Crippen LogP contribution in [0, 0.1) is 20.8 Å². The molecule has 1 aromatic carbocycles. The van der Waals surface area contributed by atoms with E-state index in [2.05, 4.69) is 36.4 Å². The molecule has 11 heteroatoms. The van der Waals surface area contributed by atoms with Crippen LogP contribution in [0.5, 0.6) is 0 Å². The average molecular weight is 514 g/mol. The Morgan fingerprint density at radius 2 is 1.91 bits per heavy atom. The summed E-state index contributed by atoms with van der Waals surface area (Å²) in [5.41, 5.74) is 3.84. The van der Waals surface area contributed by atoms with Crippen LogP contribution < -0.4 is 11.0 Å². The van der Waals surface area contributed by atoms with Crippen molar-refractivity contribution in [3.63, 3.8) is 0 Å². The second-order valence-corrected chi connectivity index (χ2v) is 8.26. The van der Waals surface area contributed by atoms with E-state index in [-0.39, 0.29) is 5.69 Å². The monoisotopic (exact) mass is 513 g/mol. The summed E-state index contributed by atoms with van der Waals surface area (Å²) in [5, 5.41) is 6.67. The third-order valence-electron chi connectivity index (χ3n) is 4.94. The van der Waals surface area contributed by atoms with Crippen molar-refractivity contribution in [3.8, 4) is 5.82 Å². The summed E-state index contributed by atoms with van der Waals surface area (Å²) in [6, 6.07) is 7.00. The zero-order valence-electron chi connectivity index (χ0n) is 18.0. The molecule has 33 heavy (non-hydrogen) atoms. The molecule has 0 saturated heterocycles. The molecule has 0 unspecified atom stereocenters. The number of H-pyrrole nitrogens is 2. The van der Waals surface area contributed by atoms with E-state index >= 15 is 0 Å². The lowest BCUT2D eigenvalue weighted by Gasteiger charge is -2.07. The fraction of sp³-hybridized carbons (Fsp3) is 0.182. The van der Waals surface area contributed by atoms with E-state index in [1.807, 2.05) is 37.5 Å². The van der Waals surface area contributed by atoms with E-state index < -0.39 is 18.5 Å². The number of fused-ring (bicyclic) bond motifs is 1. The summed E-state index contributed by atoms with van der Waals surface area (Å²) in [6.45, 7) is 5.18. The summed E-state index contributed by atoms with van der Waals surface area (Å²) in [5.74, 6) is 0.185. The van der Waals surface area contributed by atoms with Gasteiger partial charge in [-0.3, -0.25) is 9.36 Å². The Morgan fingerprint density at radius 3 is 2.61 bits per heavy atom. The summed E-state index contributed by atoms with van der Waals surface area (Å²) < 4.78 is 12.7. The third-order valence-corrected chi connectivity index (χ3v) is 5.59. The van der Waals surface area contributed by atoms with E-state index in [0.29, 0.717) is 32.8 Å². The highest BCUT2D eigenvalue weighted by Gasteiger charge is 2.13. The van der Waals surface area contributed by atoms with Crippen LogP contribution in [-0.2, 0) is 14.3 Å². The quantitative estimate of drug-likeness (QED) is 0.266. The maximum absolute atomic E-state index is 12.2. The van der Waals surface area contributed by atoms with E-state index in [9.17, 15) is 14.4 Å². The molecule has 1 amide bonds. The number of halogens is 1. The topological polar surface area (TPSA) is 135 Å². The molecule has 3 aromatic heterocycles. The van der Waals surface area contributed by atoms with Crippen molar-refractivity contribution in [2.45, 2.75) is 20.8 Å². The number of aromatic nitrogens is 4. The molecule has 0 saturated carbocycles. The Hall–Kier alpha value is -3.86. The fourth-order valence-corrected chi connectivity index (χ4v) is 3.89. The third kappa shape index (κ3) is 4.82. The predicted octanol–water partition coefficient (Wildman–Crippen LogP) is 3.52. The van der Waals surface area contributed by atoms with Gasteiger partial charge in [0.15, 0.2) is 12.4 Å². The summed E-state index contributed by atoms with van der Waals surface area (Å²) in [7, 11) is 0. The lowest BCUT2D eigenvalue weighted by Crippen LogP contribution is -2.20. The van der Waals surface area contributed by atoms with Gasteiger partial charge in [-0.05, 0) is 66.5 Å². The molecule has 0 aliphatic rings. The normalized spacial score (nSPS) is 11.4. The second-order valence-electron chi connectivity index (χ2n) is 7.40. The fourth-order valence-electron chi connectivity index (χ4n) is 3.45. The van der Waals surface area contributed by atoms with Gasteiger partial charge in [0.2, 0.25) is 0 Å². The number of anilines is 1. The molecule has 0 aliphatic carbocycles. The van der Waals surface area contributed by atoms with Crippen LogP contribution in [0.15, 0.2) is 44.1 Å². The van der Waals surface area contributed by atoms with Gasteiger partial charge in [0.05, 0.1) is 16.7 Å². The van der Waals surface area contributed by atoms with Crippen LogP contribution in [0.4, 0.5) is 5.69 Å². The van der Waals surface area contributed by atoms with Gasteiger partial charge >= 0.3 is 11.7 Å². The number of rotatable bonds is 6. The summed E-state index contributed by atoms with van der Waals surface area (Å²) in [6.07, 6.45) is 2.89. The first-order valence-electron chi connectivity index (χ1n) is 9.90. The second kappa shape index (κ2) is 8.94. The van der Waals surface area contributed by atoms with Crippen molar-refractivity contribution >= 4 is 50.6 Å². The maximum Gasteiger partial charge on any atom is 0.331 e. The molecule has 0 radical (unpaired) electrons. The highest BCUT2D eigenvalue weighted by atomic mass is 79.9. The van der Waals surface area contributed by atoms with Gasteiger partial charge in [0.25, 0.3) is 5.91 Å². The Balaban J connectivity index is 1.37. The molecule has 4 rings (SSSR count). The summed E-state index contributed by atoms with van der Waals surface area (Å²) >= 11 is 3.34. The number of carbonyl (C=O) groups excluding carboxylic acids is 2. The Labute approximate surface area is 195 Å². The zero-order chi connectivity index (χ0) is 23.7. The summed E-state index contributed by atoms with van der Waals surface area (Å²) in [4.78, 5) is 41.0. The number of aryl methyl sites for hydroxylation is 2. The molecule has 3 heterocycles. The van der Waals surface area contributed by atoms with Crippen molar-refractivity contribution in [3.05, 3.63) is 68.0 Å². The van der Waals surface area contributed by atoms with Gasteiger partial charge < -0.3 is 24.5 Å². The molecular weight excluding hydrogens is 494 g/mol. The van der Waals surface area contributed by atoms with E-state index in [0.717, 1.165) is 17.0 Å². The molecular formula is C22H20BrN5O5. The number of imidazole rings is 1. The molecule has 10 nitrogen and oxygen atoms in total. The average Bonchev–Trinajstić information content (AvgIpc) is 3.41. The van der Waals surface area contributed by atoms with Crippen LogP contribution in [0.1, 0.15) is 22.7 Å². The Bertz CT molecular complexity index is 1460. The van der Waals surface area contributed by atoms with Gasteiger partial charge in [-0.15, -0.1) is 0 Å². The maximum atomic E-state index is 12.2. The molecule has 0 bridgehead atoms. The first-order chi connectivity index (χ1) is 15.7. The van der Waals surface area contributed by atoms with Crippen LogP contribution in [0.2, 0.25) is 0 Å². The molecule has 0 atom stereocenters. The zero-order valence-corrected chi connectivity index (χ0v) is 19.6. The van der Waals surface area contributed by atoms with Crippen molar-refractivity contribution < 1.29 is 18.8 Å². The highest BCUT2D eigenvalue weighted by molar-refractivity contribution is 9.10. The van der Waals surface area contributed by atoms with E-state index in [4.69, 9.17) is 9.26 Å². The van der Waals surface area contributed by atoms with Crippen molar-refractivity contribution in [1.29, 1.82) is 0 Å². The lowest BCUT2D eigenvalue weighted by atomic mass is 10.2. The number of benzene rings is 1. The Morgan fingerprint density at radius 1 is 1.18 bits per heavy atom. The first kappa shape index (κ1) is 22.3. The smallest absolute Gasteiger partial charge is 0.331 e. The lowest BCUT2D eigenvalue weighted by molar-refractivity contribution is -0.142. The van der Waals surface area contributed by atoms with Gasteiger partial charge in [0, 0.05) is 28.0 Å². The Kier molecular flexibility index (Phi) is 6.05. The number of hydrogen-bond donors (Lipinski definition) is 3. The van der Waals surface area contributed by atoms with E-state index in [1.165, 1.54) is 6.08 Å². The van der Waals surface area contributed by atoms with Gasteiger partial charge in [0.1, 0.15) is 5.76 Å². The minimum Gasteiger partial charge on any atom is -0.452 e. The molecule has 0 aliphatic heterocycles. The number of ether oxygens (including phenoxy) is 1. The number of esters is 1. The van der Waals surface area contributed by atoms with Gasteiger partial charge in [-0.2, -0.15) is 0 Å². The number of nitrogens with one attached hydrogen (secondary N) is 3. The van der Waals surface area contributed by atoms with E-state index in [1.54, 1.807) is 18.2 Å². The number of aromatic amines is 2. The standard InChI is InChI=1S/C22H20BrN5O5/c1-11-6-14(13(3)28(11)19-7-12(2)33-27-19)4-5-21(30)32-10-20(29)24-16-9-18-17(8-15(16)23)25-22(31)26-18/h4-9H,10H2,1-3H3,(H,24,29)(H2,25,26,31). The highest BCUT2D eigenvalue weighted by Crippen LogP contribution is 2.26. The number of hydrogen-bond acceptors (Lipinski definition) is 6. The predicted molar refractivity (Wildman–Crippen MR) is 125 cm³/mol. The molecule has 170 valence electrons. The van der Waals surface area contributed by atoms with Crippen molar-refractivity contribution in [2.24, 2.45) is 0 Å². The van der Waals surface area contributed by atoms with Crippen molar-refractivity contribution in [2.75, 3.05) is 11.9 Å². The SMILES string of the molecule is Cc1cc(-n2c(C)cc(C=CC(=O)OCC(=O)Nc3cc4[nH]c(=O)[nH]c4cc3Br)c2C)no1. The largest absolute Gasteiger partial charge is 0.452 e. The molecule has 0 spiro atoms. The number of nitrogens with zero attached hydrogens (tertiary/aromatic N) is 2. The minimum atomic E-state index is -0.656. The van der Waals surface area contributed by atoms with Crippen LogP contribution in [0.3, 0.4) is 0 Å². The molecule has 4 aromatic rings. The van der Waals surface area contributed by atoms with Crippen molar-refractivity contribution in [1.82, 2.24) is 19.7 Å².